The van der Waals surface area contributed by atoms with Crippen molar-refractivity contribution in [2.24, 2.45) is 0 Å². The number of hydrogen-bond acceptors (Lipinski definition) is 4. The Bertz CT molecular complexity index is 463. The second-order valence-corrected chi connectivity index (χ2v) is 4.76. The molecule has 1 aromatic carbocycles. The molecule has 0 aliphatic heterocycles. The molecule has 6 heteroatoms. The van der Waals surface area contributed by atoms with Crippen LogP contribution in [0.5, 0.6) is 0 Å². The maximum Gasteiger partial charge on any atom is 0.407 e. The van der Waals surface area contributed by atoms with Gasteiger partial charge in [-0.2, -0.15) is 0 Å². The molecule has 0 atom stereocenters. The molecule has 6 nitrogen and oxygen atoms in total. The molecular weight excluding hydrogens is 272 g/mol. The summed E-state index contributed by atoms with van der Waals surface area (Å²) in [6, 6.07) is 7.23. The minimum atomic E-state index is -0.767. The van der Waals surface area contributed by atoms with Crippen LogP contribution in [0.25, 0.3) is 0 Å². The van der Waals surface area contributed by atoms with Crippen molar-refractivity contribution >= 4 is 17.7 Å². The maximum absolute atomic E-state index is 11.5. The molecule has 21 heavy (non-hydrogen) atoms. The van der Waals surface area contributed by atoms with E-state index in [2.05, 4.69) is 5.32 Å². The Balaban J connectivity index is 2.04. The quantitative estimate of drug-likeness (QED) is 0.480. The number of carbonyl (C=O) groups is 2. The van der Waals surface area contributed by atoms with Gasteiger partial charge in [0.05, 0.1) is 0 Å². The Morgan fingerprint density at radius 3 is 2.57 bits per heavy atom. The number of unbranched alkanes of at least 4 members (excludes halogenated alkanes) is 3. The Kier molecular flexibility index (Phi) is 7.71. The topological polar surface area (TPSA) is 102 Å². The number of amides is 1. The third-order valence-electron chi connectivity index (χ3n) is 3.00. The molecular formula is C15H22N2O4. The zero-order valence-electron chi connectivity index (χ0n) is 12.0. The normalized spacial score (nSPS) is 10.1. The molecule has 0 unspecified atom stereocenters. The Labute approximate surface area is 124 Å². The third-order valence-corrected chi connectivity index (χ3v) is 3.00. The minimum absolute atomic E-state index is 0.150. The van der Waals surface area contributed by atoms with Gasteiger partial charge in [-0.15, -0.1) is 0 Å². The fourth-order valence-electron chi connectivity index (χ4n) is 1.81. The van der Waals surface area contributed by atoms with Gasteiger partial charge in [0.2, 0.25) is 0 Å². The summed E-state index contributed by atoms with van der Waals surface area (Å²) >= 11 is 0. The van der Waals surface area contributed by atoms with E-state index in [0.29, 0.717) is 18.7 Å². The number of alkyl carbamates (subject to hydrolysis) is 1. The number of anilines is 1. The first-order valence-corrected chi connectivity index (χ1v) is 7.05. The number of carboxylic acids is 1. The van der Waals surface area contributed by atoms with Crippen LogP contribution < -0.4 is 11.1 Å². The van der Waals surface area contributed by atoms with Crippen molar-refractivity contribution < 1.29 is 19.4 Å². The van der Waals surface area contributed by atoms with Crippen LogP contribution in [-0.4, -0.2) is 23.7 Å². The number of ether oxygens (including phenoxy) is 1. The van der Waals surface area contributed by atoms with E-state index in [0.717, 1.165) is 24.8 Å². The number of hydrogen-bond donors (Lipinski definition) is 3. The predicted molar refractivity (Wildman–Crippen MR) is 79.8 cm³/mol. The lowest BCUT2D eigenvalue weighted by Gasteiger charge is -2.08. The summed E-state index contributed by atoms with van der Waals surface area (Å²) < 4.78 is 5.06. The lowest BCUT2D eigenvalue weighted by atomic mass is 10.1. The summed E-state index contributed by atoms with van der Waals surface area (Å²) in [4.78, 5) is 21.8. The van der Waals surface area contributed by atoms with Crippen molar-refractivity contribution in [2.75, 3.05) is 12.3 Å². The van der Waals surface area contributed by atoms with E-state index < -0.39 is 12.1 Å². The summed E-state index contributed by atoms with van der Waals surface area (Å²) in [5, 5.41) is 11.1. The summed E-state index contributed by atoms with van der Waals surface area (Å²) in [6.07, 6.45) is 2.95. The molecule has 4 N–H and O–H groups in total. The Hall–Kier alpha value is -2.24. The highest BCUT2D eigenvalue weighted by Gasteiger charge is 2.04. The van der Waals surface area contributed by atoms with Gasteiger partial charge in [0.1, 0.15) is 6.61 Å². The van der Waals surface area contributed by atoms with Gasteiger partial charge >= 0.3 is 12.1 Å². The largest absolute Gasteiger partial charge is 0.481 e. The zero-order valence-corrected chi connectivity index (χ0v) is 12.0. The molecule has 0 bridgehead atoms. The molecule has 0 saturated carbocycles. The second-order valence-electron chi connectivity index (χ2n) is 4.76. The van der Waals surface area contributed by atoms with Crippen LogP contribution in [0.1, 0.15) is 37.7 Å². The van der Waals surface area contributed by atoms with Crippen LogP contribution in [0, 0.1) is 0 Å². The lowest BCUT2D eigenvalue weighted by Crippen LogP contribution is -2.25. The van der Waals surface area contributed by atoms with Crippen molar-refractivity contribution in [3.63, 3.8) is 0 Å². The fourth-order valence-corrected chi connectivity index (χ4v) is 1.81. The summed E-state index contributed by atoms with van der Waals surface area (Å²) in [7, 11) is 0. The smallest absolute Gasteiger partial charge is 0.407 e. The highest BCUT2D eigenvalue weighted by molar-refractivity contribution is 5.67. The molecule has 0 aliphatic rings. The van der Waals surface area contributed by atoms with Gasteiger partial charge in [0.15, 0.2) is 0 Å². The Morgan fingerprint density at radius 1 is 1.14 bits per heavy atom. The molecule has 0 spiro atoms. The highest BCUT2D eigenvalue weighted by atomic mass is 16.5. The number of carbonyl (C=O) groups excluding carboxylic acids is 1. The number of nitrogen functional groups attached to an aromatic ring is 1. The molecule has 0 aliphatic carbocycles. The van der Waals surface area contributed by atoms with Crippen LogP contribution in [0.15, 0.2) is 24.3 Å². The van der Waals surface area contributed by atoms with E-state index in [-0.39, 0.29) is 13.0 Å². The highest BCUT2D eigenvalue weighted by Crippen LogP contribution is 2.11. The van der Waals surface area contributed by atoms with Crippen LogP contribution in [0.3, 0.4) is 0 Å². The van der Waals surface area contributed by atoms with Gasteiger partial charge in [-0.1, -0.05) is 31.0 Å². The van der Waals surface area contributed by atoms with Gasteiger partial charge in [-0.25, -0.2) is 4.79 Å². The number of carboxylic acid groups (broad SMARTS) is 1. The van der Waals surface area contributed by atoms with E-state index in [1.165, 1.54) is 0 Å². The standard InChI is InChI=1S/C15H22N2O4/c16-13-8-5-4-7-12(13)11-21-15(20)17-10-6-2-1-3-9-14(18)19/h4-5,7-8H,1-3,6,9-11,16H2,(H,17,20)(H,18,19). The average molecular weight is 294 g/mol. The molecule has 0 saturated heterocycles. The van der Waals surface area contributed by atoms with E-state index in [1.807, 2.05) is 18.2 Å². The number of para-hydroxylation sites is 1. The van der Waals surface area contributed by atoms with Gasteiger partial charge < -0.3 is 20.9 Å². The first-order valence-electron chi connectivity index (χ1n) is 7.05. The number of aliphatic carboxylic acids is 1. The molecule has 1 rings (SSSR count). The fraction of sp³-hybridized carbons (Fsp3) is 0.467. The van der Waals surface area contributed by atoms with Crippen molar-refractivity contribution in [2.45, 2.75) is 38.7 Å². The molecule has 116 valence electrons. The Morgan fingerprint density at radius 2 is 1.86 bits per heavy atom. The monoisotopic (exact) mass is 294 g/mol. The summed E-state index contributed by atoms with van der Waals surface area (Å²) in [5.41, 5.74) is 7.12. The SMILES string of the molecule is Nc1ccccc1COC(=O)NCCCCCCC(=O)O. The lowest BCUT2D eigenvalue weighted by molar-refractivity contribution is -0.137. The number of nitrogens with one attached hydrogen (secondary N) is 1. The van der Waals surface area contributed by atoms with Crippen molar-refractivity contribution in [3.05, 3.63) is 29.8 Å². The number of rotatable bonds is 9. The molecule has 1 amide bonds. The average Bonchev–Trinajstić information content (AvgIpc) is 2.45. The number of benzene rings is 1. The molecule has 0 radical (unpaired) electrons. The molecule has 1 aromatic rings. The zero-order chi connectivity index (χ0) is 15.5. The first kappa shape index (κ1) is 16.8. The van der Waals surface area contributed by atoms with Crippen LogP contribution in [0.2, 0.25) is 0 Å². The van der Waals surface area contributed by atoms with Crippen LogP contribution in [0.4, 0.5) is 10.5 Å². The van der Waals surface area contributed by atoms with Gasteiger partial charge in [0.25, 0.3) is 0 Å². The number of nitrogens with two attached hydrogens (primary N) is 1. The first-order chi connectivity index (χ1) is 10.1. The van der Waals surface area contributed by atoms with E-state index >= 15 is 0 Å². The van der Waals surface area contributed by atoms with E-state index in [4.69, 9.17) is 15.6 Å². The third kappa shape index (κ3) is 7.81. The summed E-state index contributed by atoms with van der Waals surface area (Å²) in [5.74, 6) is -0.767. The predicted octanol–water partition coefficient (Wildman–Crippen LogP) is 2.53. The molecule has 0 heterocycles. The minimum Gasteiger partial charge on any atom is -0.481 e. The van der Waals surface area contributed by atoms with Crippen molar-refractivity contribution in [1.82, 2.24) is 5.32 Å². The maximum atomic E-state index is 11.5. The van der Waals surface area contributed by atoms with Crippen molar-refractivity contribution in [3.8, 4) is 0 Å². The van der Waals surface area contributed by atoms with E-state index in [9.17, 15) is 9.59 Å². The molecule has 0 fully saturated rings. The van der Waals surface area contributed by atoms with Gasteiger partial charge in [0, 0.05) is 24.2 Å². The van der Waals surface area contributed by atoms with Crippen molar-refractivity contribution in [1.29, 1.82) is 0 Å². The van der Waals surface area contributed by atoms with E-state index in [1.54, 1.807) is 6.07 Å². The van der Waals surface area contributed by atoms with Gasteiger partial charge in [-0.05, 0) is 18.9 Å². The second kappa shape index (κ2) is 9.63. The van der Waals surface area contributed by atoms with Crippen LogP contribution >= 0.6 is 0 Å². The van der Waals surface area contributed by atoms with Crippen LogP contribution in [-0.2, 0) is 16.1 Å². The summed E-state index contributed by atoms with van der Waals surface area (Å²) in [6.45, 7) is 0.674. The molecule has 0 aromatic heterocycles. The van der Waals surface area contributed by atoms with Gasteiger partial charge in [-0.3, -0.25) is 4.79 Å².